The zero-order valence-electron chi connectivity index (χ0n) is 13.6. The first-order valence-electron chi connectivity index (χ1n) is 8.06. The van der Waals surface area contributed by atoms with Crippen molar-refractivity contribution in [1.82, 2.24) is 0 Å². The first-order chi connectivity index (χ1) is 11.7. The monoisotopic (exact) mass is 324 g/mol. The largest absolute Gasteiger partial charge is 0.507 e. The van der Waals surface area contributed by atoms with Crippen LogP contribution in [-0.2, 0) is 16.1 Å². The molecule has 0 amide bonds. The lowest BCUT2D eigenvalue weighted by Crippen LogP contribution is -2.23. The molecule has 2 aromatic carbocycles. The van der Waals surface area contributed by atoms with Gasteiger partial charge in [0, 0.05) is 11.6 Å². The van der Waals surface area contributed by atoms with Crippen LogP contribution in [0.25, 0.3) is 5.57 Å². The van der Waals surface area contributed by atoms with E-state index < -0.39 is 0 Å². The summed E-state index contributed by atoms with van der Waals surface area (Å²) in [5, 5.41) is 10.4. The third kappa shape index (κ3) is 3.43. The molecule has 1 unspecified atom stereocenters. The summed E-state index contributed by atoms with van der Waals surface area (Å²) in [7, 11) is 0. The zero-order valence-corrected chi connectivity index (χ0v) is 13.6. The van der Waals surface area contributed by atoms with Crippen molar-refractivity contribution in [2.45, 2.75) is 20.0 Å². The standard InChI is InChI=1S/C20H20O4/c1-2-16-17(10-11-23-20(16)22)18-9-8-15(12-19(18)21)24-13-14-6-4-3-5-7-14/h3-10,12,16,21H,2,11,13H2,1H3. The highest BCUT2D eigenvalue weighted by Gasteiger charge is 2.28. The molecule has 0 radical (unpaired) electrons. The molecule has 4 nitrogen and oxygen atoms in total. The lowest BCUT2D eigenvalue weighted by Gasteiger charge is -2.23. The molecule has 1 aliphatic heterocycles. The molecule has 1 N–H and O–H groups in total. The Balaban J connectivity index is 1.77. The van der Waals surface area contributed by atoms with Gasteiger partial charge in [0.2, 0.25) is 0 Å². The molecule has 0 aliphatic carbocycles. The molecule has 24 heavy (non-hydrogen) atoms. The van der Waals surface area contributed by atoms with E-state index in [0.717, 1.165) is 11.1 Å². The van der Waals surface area contributed by atoms with Crippen LogP contribution in [0.15, 0.2) is 54.6 Å². The zero-order chi connectivity index (χ0) is 16.9. The highest BCUT2D eigenvalue weighted by atomic mass is 16.5. The van der Waals surface area contributed by atoms with E-state index in [9.17, 15) is 9.90 Å². The summed E-state index contributed by atoms with van der Waals surface area (Å²) in [6.07, 6.45) is 2.49. The topological polar surface area (TPSA) is 55.8 Å². The van der Waals surface area contributed by atoms with Crippen LogP contribution in [0.2, 0.25) is 0 Å². The van der Waals surface area contributed by atoms with Gasteiger partial charge >= 0.3 is 5.97 Å². The summed E-state index contributed by atoms with van der Waals surface area (Å²) in [6, 6.07) is 15.0. The van der Waals surface area contributed by atoms with Crippen molar-refractivity contribution < 1.29 is 19.4 Å². The predicted molar refractivity (Wildman–Crippen MR) is 91.6 cm³/mol. The van der Waals surface area contributed by atoms with Crippen LogP contribution in [0.4, 0.5) is 0 Å². The number of esters is 1. The van der Waals surface area contributed by atoms with Crippen LogP contribution in [0.5, 0.6) is 11.5 Å². The van der Waals surface area contributed by atoms with E-state index in [1.54, 1.807) is 12.1 Å². The maximum absolute atomic E-state index is 11.9. The van der Waals surface area contributed by atoms with Crippen molar-refractivity contribution >= 4 is 11.5 Å². The van der Waals surface area contributed by atoms with Gasteiger partial charge in [-0.2, -0.15) is 0 Å². The lowest BCUT2D eigenvalue weighted by molar-refractivity contribution is -0.146. The fourth-order valence-corrected chi connectivity index (χ4v) is 2.85. The highest BCUT2D eigenvalue weighted by molar-refractivity contribution is 5.91. The predicted octanol–water partition coefficient (Wildman–Crippen LogP) is 3.94. The Morgan fingerprint density at radius 3 is 2.71 bits per heavy atom. The average Bonchev–Trinajstić information content (AvgIpc) is 2.61. The number of carbonyl (C=O) groups excluding carboxylic acids is 1. The molecule has 0 saturated carbocycles. The summed E-state index contributed by atoms with van der Waals surface area (Å²) >= 11 is 0. The van der Waals surface area contributed by atoms with Crippen molar-refractivity contribution in [3.63, 3.8) is 0 Å². The Morgan fingerprint density at radius 1 is 1.21 bits per heavy atom. The van der Waals surface area contributed by atoms with Gasteiger partial charge in [0.05, 0.1) is 5.92 Å². The van der Waals surface area contributed by atoms with E-state index in [0.29, 0.717) is 24.3 Å². The van der Waals surface area contributed by atoms with Crippen LogP contribution < -0.4 is 4.74 Å². The number of benzene rings is 2. The van der Waals surface area contributed by atoms with Crippen LogP contribution in [0.1, 0.15) is 24.5 Å². The van der Waals surface area contributed by atoms with Crippen molar-refractivity contribution in [2.75, 3.05) is 6.61 Å². The van der Waals surface area contributed by atoms with Crippen LogP contribution in [0, 0.1) is 5.92 Å². The SMILES string of the molecule is CCC1C(=O)OCC=C1c1ccc(OCc2ccccc2)cc1O. The number of aromatic hydroxyl groups is 1. The quantitative estimate of drug-likeness (QED) is 0.847. The Labute approximate surface area is 141 Å². The van der Waals surface area contributed by atoms with E-state index >= 15 is 0 Å². The number of phenols is 1. The minimum absolute atomic E-state index is 0.111. The van der Waals surface area contributed by atoms with E-state index in [2.05, 4.69) is 0 Å². The molecule has 0 saturated heterocycles. The van der Waals surface area contributed by atoms with E-state index in [1.165, 1.54) is 0 Å². The molecular weight excluding hydrogens is 304 g/mol. The number of hydrogen-bond acceptors (Lipinski definition) is 4. The molecule has 3 rings (SSSR count). The number of cyclic esters (lactones) is 1. The Kier molecular flexibility index (Phi) is 4.85. The maximum Gasteiger partial charge on any atom is 0.313 e. The maximum atomic E-state index is 11.9. The van der Waals surface area contributed by atoms with Crippen LogP contribution in [-0.4, -0.2) is 17.7 Å². The van der Waals surface area contributed by atoms with Gasteiger partial charge in [-0.25, -0.2) is 0 Å². The molecule has 4 heteroatoms. The van der Waals surface area contributed by atoms with Gasteiger partial charge < -0.3 is 14.6 Å². The number of carbonyl (C=O) groups is 1. The Morgan fingerprint density at radius 2 is 2.00 bits per heavy atom. The van der Waals surface area contributed by atoms with Crippen LogP contribution >= 0.6 is 0 Å². The summed E-state index contributed by atoms with van der Waals surface area (Å²) < 4.78 is 10.8. The summed E-state index contributed by atoms with van der Waals surface area (Å²) in [5.41, 5.74) is 2.54. The normalized spacial score (nSPS) is 17.1. The molecule has 0 aromatic heterocycles. The molecule has 0 spiro atoms. The molecule has 0 fully saturated rings. The van der Waals surface area contributed by atoms with Gasteiger partial charge in [0.25, 0.3) is 0 Å². The van der Waals surface area contributed by atoms with Crippen molar-refractivity contribution in [1.29, 1.82) is 0 Å². The Hall–Kier alpha value is -2.75. The number of rotatable bonds is 5. The Bertz CT molecular complexity index is 749. The summed E-state index contributed by atoms with van der Waals surface area (Å²) in [5.74, 6) is 0.131. The molecule has 124 valence electrons. The van der Waals surface area contributed by atoms with Gasteiger partial charge in [0.1, 0.15) is 24.7 Å². The smallest absolute Gasteiger partial charge is 0.313 e. The fourth-order valence-electron chi connectivity index (χ4n) is 2.85. The number of phenolic OH excluding ortho intramolecular Hbond substituents is 1. The molecule has 1 atom stereocenters. The van der Waals surface area contributed by atoms with Crippen molar-refractivity contribution in [3.8, 4) is 11.5 Å². The fraction of sp³-hybridized carbons (Fsp3) is 0.250. The summed E-state index contributed by atoms with van der Waals surface area (Å²) in [4.78, 5) is 11.9. The lowest BCUT2D eigenvalue weighted by atomic mass is 9.88. The third-order valence-corrected chi connectivity index (χ3v) is 4.13. The first kappa shape index (κ1) is 16.1. The second kappa shape index (κ2) is 7.21. The van der Waals surface area contributed by atoms with Gasteiger partial charge in [-0.15, -0.1) is 0 Å². The summed E-state index contributed by atoms with van der Waals surface area (Å²) in [6.45, 7) is 2.61. The van der Waals surface area contributed by atoms with Crippen molar-refractivity contribution in [2.24, 2.45) is 5.92 Å². The first-order valence-corrected chi connectivity index (χ1v) is 8.06. The van der Waals surface area contributed by atoms with Gasteiger partial charge in [0.15, 0.2) is 0 Å². The average molecular weight is 324 g/mol. The molecular formula is C20H20O4. The van der Waals surface area contributed by atoms with Crippen LogP contribution in [0.3, 0.4) is 0 Å². The molecule has 2 aromatic rings. The highest BCUT2D eigenvalue weighted by Crippen LogP contribution is 2.36. The molecule has 1 heterocycles. The number of ether oxygens (including phenoxy) is 2. The second-order valence-corrected chi connectivity index (χ2v) is 5.70. The van der Waals surface area contributed by atoms with Gasteiger partial charge in [-0.1, -0.05) is 37.3 Å². The van der Waals surface area contributed by atoms with Gasteiger partial charge in [-0.3, -0.25) is 4.79 Å². The van der Waals surface area contributed by atoms with E-state index in [-0.39, 0.29) is 24.2 Å². The second-order valence-electron chi connectivity index (χ2n) is 5.70. The third-order valence-electron chi connectivity index (χ3n) is 4.13. The minimum atomic E-state index is -0.333. The van der Waals surface area contributed by atoms with Gasteiger partial charge in [-0.05, 0) is 35.8 Å². The minimum Gasteiger partial charge on any atom is -0.507 e. The van der Waals surface area contributed by atoms with Crippen molar-refractivity contribution in [3.05, 3.63) is 65.7 Å². The number of hydrogen-bond donors (Lipinski definition) is 1. The molecule has 1 aliphatic rings. The van der Waals surface area contributed by atoms with E-state index in [1.807, 2.05) is 49.4 Å². The van der Waals surface area contributed by atoms with E-state index in [4.69, 9.17) is 9.47 Å². The molecule has 0 bridgehead atoms.